The molecule has 0 saturated carbocycles. The maximum atomic E-state index is 11.4. The van der Waals surface area contributed by atoms with Crippen LogP contribution in [-0.2, 0) is 9.47 Å². The molecule has 1 aromatic rings. The Balaban J connectivity index is 0.000000228. The zero-order valence-corrected chi connectivity index (χ0v) is 13.5. The molecule has 3 rings (SSSR count). The molecule has 1 radical (unpaired) electrons. The number of hydrogen-bond donors (Lipinski definition) is 7. The van der Waals surface area contributed by atoms with E-state index < -0.39 is 60.7 Å². The Kier molecular flexibility index (Phi) is 7.02. The number of nitrogens with one attached hydrogen (secondary N) is 1. The number of aliphatic hydroxyl groups is 6. The van der Waals surface area contributed by atoms with Gasteiger partial charge in [0.05, 0.1) is 13.2 Å². The SMILES string of the molecule is O=c1ccn([C@H]2O[C@@H](CO)C(O)C2O)c(=O)[nH]1.OC[C@H]1O[CH][C@H](O)[C@@H]1O. The summed E-state index contributed by atoms with van der Waals surface area (Å²) in [5.41, 5.74) is -1.33. The summed E-state index contributed by atoms with van der Waals surface area (Å²) in [6, 6.07) is 1.09. The Bertz CT molecular complexity index is 691. The Morgan fingerprint density at radius 2 is 1.65 bits per heavy atom. The van der Waals surface area contributed by atoms with Crippen molar-refractivity contribution >= 4 is 0 Å². The zero-order chi connectivity index (χ0) is 19.4. The summed E-state index contributed by atoms with van der Waals surface area (Å²) in [6.45, 7) is 0.368. The van der Waals surface area contributed by atoms with Gasteiger partial charge in [-0.1, -0.05) is 0 Å². The van der Waals surface area contributed by atoms with Gasteiger partial charge >= 0.3 is 5.69 Å². The summed E-state index contributed by atoms with van der Waals surface area (Å²) in [5.74, 6) is 0. The molecule has 2 unspecified atom stereocenters. The minimum Gasteiger partial charge on any atom is -0.394 e. The Labute approximate surface area is 146 Å². The number of rotatable bonds is 3. The second-order valence-corrected chi connectivity index (χ2v) is 5.72. The standard InChI is InChI=1S/C9H12N2O6.C5H9O4/c12-3-4-6(14)7(15)8(17-4)11-2-1-5(13)10-9(11)16;6-1-4-5(8)3(7)2-9-4/h1-2,4,6-8,12,14-15H,3H2,(H,10,13,16);2-8H,1H2/t4-,6?,7?,8-;3-,4+,5-/m00/s1. The molecule has 0 bridgehead atoms. The summed E-state index contributed by atoms with van der Waals surface area (Å²) in [7, 11) is 0. The molecule has 26 heavy (non-hydrogen) atoms. The molecule has 2 fully saturated rings. The fourth-order valence-electron chi connectivity index (χ4n) is 2.45. The van der Waals surface area contributed by atoms with Gasteiger partial charge in [0, 0.05) is 12.3 Å². The number of H-pyrrole nitrogens is 1. The average Bonchev–Trinajstić information content (AvgIpc) is 3.09. The fraction of sp³-hybridized carbons (Fsp3) is 0.643. The lowest BCUT2D eigenvalue weighted by Crippen LogP contribution is -2.37. The van der Waals surface area contributed by atoms with Crippen LogP contribution in [0.25, 0.3) is 0 Å². The van der Waals surface area contributed by atoms with Gasteiger partial charge in [-0.05, 0) is 0 Å². The lowest BCUT2D eigenvalue weighted by molar-refractivity contribution is -0.0550. The molecule has 3 heterocycles. The number of aromatic nitrogens is 2. The van der Waals surface area contributed by atoms with E-state index in [0.29, 0.717) is 0 Å². The van der Waals surface area contributed by atoms with Crippen LogP contribution < -0.4 is 11.2 Å². The summed E-state index contributed by atoms with van der Waals surface area (Å²) < 4.78 is 10.7. The number of aliphatic hydroxyl groups excluding tert-OH is 6. The molecule has 12 nitrogen and oxygen atoms in total. The highest BCUT2D eigenvalue weighted by atomic mass is 16.6. The maximum Gasteiger partial charge on any atom is 0.330 e. The van der Waals surface area contributed by atoms with Crippen LogP contribution in [0, 0.1) is 6.61 Å². The van der Waals surface area contributed by atoms with Crippen molar-refractivity contribution in [3.8, 4) is 0 Å². The number of aromatic amines is 1. The van der Waals surface area contributed by atoms with Gasteiger partial charge < -0.3 is 40.1 Å². The molecule has 147 valence electrons. The van der Waals surface area contributed by atoms with Gasteiger partial charge in [-0.15, -0.1) is 0 Å². The molecule has 0 amide bonds. The van der Waals surface area contributed by atoms with E-state index >= 15 is 0 Å². The van der Waals surface area contributed by atoms with Gasteiger partial charge in [-0.2, -0.15) is 0 Å². The average molecular weight is 377 g/mol. The van der Waals surface area contributed by atoms with Crippen molar-refractivity contribution < 1.29 is 40.1 Å². The second-order valence-electron chi connectivity index (χ2n) is 5.72. The summed E-state index contributed by atoms with van der Waals surface area (Å²) in [5, 5.41) is 54.2. The number of nitrogens with zero attached hydrogens (tertiary/aromatic N) is 1. The molecule has 0 aliphatic carbocycles. The van der Waals surface area contributed by atoms with E-state index in [1.165, 1.54) is 0 Å². The summed E-state index contributed by atoms with van der Waals surface area (Å²) in [4.78, 5) is 24.3. The molecule has 0 aromatic carbocycles. The first kappa shape index (κ1) is 20.7. The van der Waals surface area contributed by atoms with Crippen LogP contribution in [0.1, 0.15) is 6.23 Å². The van der Waals surface area contributed by atoms with E-state index in [2.05, 4.69) is 4.74 Å². The number of hydrogen-bond acceptors (Lipinski definition) is 10. The van der Waals surface area contributed by atoms with Crippen molar-refractivity contribution in [2.24, 2.45) is 0 Å². The van der Waals surface area contributed by atoms with Crippen LogP contribution in [0.2, 0.25) is 0 Å². The first-order chi connectivity index (χ1) is 12.3. The van der Waals surface area contributed by atoms with Gasteiger partial charge in [0.25, 0.3) is 5.56 Å². The minimum absolute atomic E-state index is 0.269. The Morgan fingerprint density at radius 1 is 1.00 bits per heavy atom. The molecule has 2 aliphatic rings. The van der Waals surface area contributed by atoms with Crippen molar-refractivity contribution in [2.45, 2.75) is 42.9 Å². The minimum atomic E-state index is -1.35. The van der Waals surface area contributed by atoms with Crippen molar-refractivity contribution in [3.63, 3.8) is 0 Å². The second kappa shape index (κ2) is 8.83. The third kappa shape index (κ3) is 4.36. The van der Waals surface area contributed by atoms with Crippen molar-refractivity contribution in [1.29, 1.82) is 0 Å². The maximum absolute atomic E-state index is 11.4. The highest BCUT2D eigenvalue weighted by molar-refractivity contribution is 4.93. The third-order valence-electron chi connectivity index (χ3n) is 3.95. The van der Waals surface area contributed by atoms with Gasteiger partial charge in [-0.3, -0.25) is 14.3 Å². The molecule has 7 atom stereocenters. The van der Waals surface area contributed by atoms with Crippen LogP contribution in [0.5, 0.6) is 0 Å². The molecule has 2 aliphatic heterocycles. The largest absolute Gasteiger partial charge is 0.394 e. The van der Waals surface area contributed by atoms with Crippen LogP contribution >= 0.6 is 0 Å². The van der Waals surface area contributed by atoms with E-state index in [9.17, 15) is 19.8 Å². The predicted octanol–water partition coefficient (Wildman–Crippen LogP) is -4.59. The lowest BCUT2D eigenvalue weighted by atomic mass is 10.1. The fourth-order valence-corrected chi connectivity index (χ4v) is 2.45. The van der Waals surface area contributed by atoms with Crippen LogP contribution in [0.4, 0.5) is 0 Å². The Morgan fingerprint density at radius 3 is 2.08 bits per heavy atom. The summed E-state index contributed by atoms with van der Waals surface area (Å²) in [6.07, 6.45) is -6.17. The van der Waals surface area contributed by atoms with Gasteiger partial charge in [0.2, 0.25) is 0 Å². The predicted molar refractivity (Wildman–Crippen MR) is 82.6 cm³/mol. The third-order valence-corrected chi connectivity index (χ3v) is 3.95. The van der Waals surface area contributed by atoms with E-state index in [1.54, 1.807) is 0 Å². The lowest BCUT2D eigenvalue weighted by Gasteiger charge is -2.16. The van der Waals surface area contributed by atoms with Crippen LogP contribution in [0.3, 0.4) is 0 Å². The molecule has 7 N–H and O–H groups in total. The van der Waals surface area contributed by atoms with Gasteiger partial charge in [0.15, 0.2) is 6.23 Å². The monoisotopic (exact) mass is 377 g/mol. The highest BCUT2D eigenvalue weighted by Crippen LogP contribution is 2.27. The molecular formula is C14H21N2O10. The molecule has 1 aromatic heterocycles. The molecule has 12 heteroatoms. The smallest absolute Gasteiger partial charge is 0.330 e. The number of ether oxygens (including phenoxy) is 2. The topological polar surface area (TPSA) is 195 Å². The van der Waals surface area contributed by atoms with Gasteiger partial charge in [0.1, 0.15) is 43.2 Å². The van der Waals surface area contributed by atoms with E-state index in [4.69, 9.17) is 25.2 Å². The zero-order valence-electron chi connectivity index (χ0n) is 13.5. The first-order valence-electron chi connectivity index (χ1n) is 7.69. The quantitative estimate of drug-likeness (QED) is 0.269. The van der Waals surface area contributed by atoms with E-state index in [1.807, 2.05) is 4.98 Å². The normalized spacial score (nSPS) is 36.6. The van der Waals surface area contributed by atoms with Gasteiger partial charge in [-0.25, -0.2) is 4.79 Å². The van der Waals surface area contributed by atoms with Crippen molar-refractivity contribution in [1.82, 2.24) is 9.55 Å². The molecule has 0 spiro atoms. The first-order valence-corrected chi connectivity index (χ1v) is 7.69. The van der Waals surface area contributed by atoms with Crippen molar-refractivity contribution in [2.75, 3.05) is 13.2 Å². The van der Waals surface area contributed by atoms with Crippen LogP contribution in [-0.4, -0.2) is 90.0 Å². The molecule has 2 saturated heterocycles. The highest BCUT2D eigenvalue weighted by Gasteiger charge is 2.43. The van der Waals surface area contributed by atoms with E-state index in [-0.39, 0.29) is 6.61 Å². The van der Waals surface area contributed by atoms with Crippen LogP contribution in [0.15, 0.2) is 21.9 Å². The molecular weight excluding hydrogens is 356 g/mol. The summed E-state index contributed by atoms with van der Waals surface area (Å²) >= 11 is 0. The van der Waals surface area contributed by atoms with E-state index in [0.717, 1.165) is 23.4 Å². The Hall–Kier alpha value is -1.64. The van der Waals surface area contributed by atoms with Crippen molar-refractivity contribution in [3.05, 3.63) is 39.7 Å².